The molecule has 0 bridgehead atoms. The fourth-order valence-electron chi connectivity index (χ4n) is 1.41. The van der Waals surface area contributed by atoms with Gasteiger partial charge < -0.3 is 20.6 Å². The first kappa shape index (κ1) is 16.4. The summed E-state index contributed by atoms with van der Waals surface area (Å²) in [5, 5.41) is 48.6. The standard InChI is InChI=1S/C12H9N3O7/c13-4-7(12(20)14-5-10(17)18)1-6-2-8(15(21)22)11(19)9(16)3-6/h1-3,16,19H,5H2,(H,14,20)(H,17,18). The van der Waals surface area contributed by atoms with Crippen LogP contribution in [-0.4, -0.2) is 38.7 Å². The number of aliphatic carboxylic acids is 1. The van der Waals surface area contributed by atoms with Crippen molar-refractivity contribution in [1.29, 1.82) is 5.26 Å². The molecule has 0 unspecified atom stereocenters. The molecule has 1 amide bonds. The number of phenolic OH excluding ortho intramolecular Hbond substituents is 2. The summed E-state index contributed by atoms with van der Waals surface area (Å²) < 4.78 is 0. The van der Waals surface area contributed by atoms with Gasteiger partial charge in [0.25, 0.3) is 5.91 Å². The lowest BCUT2D eigenvalue weighted by molar-refractivity contribution is -0.386. The quantitative estimate of drug-likeness (QED) is 0.195. The maximum absolute atomic E-state index is 11.5. The second-order valence-electron chi connectivity index (χ2n) is 3.91. The number of carboxylic acid groups (broad SMARTS) is 1. The van der Waals surface area contributed by atoms with E-state index in [-0.39, 0.29) is 5.56 Å². The molecule has 1 aromatic carbocycles. The Kier molecular flexibility index (Phi) is 5.01. The van der Waals surface area contributed by atoms with Crippen molar-refractivity contribution in [2.75, 3.05) is 6.54 Å². The number of carbonyl (C=O) groups is 2. The van der Waals surface area contributed by atoms with Crippen LogP contribution in [0.15, 0.2) is 17.7 Å². The molecule has 0 aromatic heterocycles. The molecule has 1 rings (SSSR count). The average molecular weight is 307 g/mol. The third-order valence-electron chi connectivity index (χ3n) is 2.36. The van der Waals surface area contributed by atoms with Crippen LogP contribution in [0.2, 0.25) is 0 Å². The van der Waals surface area contributed by atoms with Gasteiger partial charge in [-0.2, -0.15) is 5.26 Å². The van der Waals surface area contributed by atoms with Gasteiger partial charge in [0.05, 0.1) is 4.92 Å². The summed E-state index contributed by atoms with van der Waals surface area (Å²) in [6.45, 7) is -0.709. The van der Waals surface area contributed by atoms with Gasteiger partial charge in [-0.05, 0) is 17.7 Å². The number of amides is 1. The van der Waals surface area contributed by atoms with Crippen molar-refractivity contribution in [3.63, 3.8) is 0 Å². The van der Waals surface area contributed by atoms with Crippen molar-refractivity contribution in [1.82, 2.24) is 5.32 Å². The maximum Gasteiger partial charge on any atom is 0.322 e. The smallest absolute Gasteiger partial charge is 0.322 e. The zero-order valence-corrected chi connectivity index (χ0v) is 10.8. The van der Waals surface area contributed by atoms with Crippen LogP contribution in [0.5, 0.6) is 11.5 Å². The van der Waals surface area contributed by atoms with E-state index in [1.165, 1.54) is 6.07 Å². The Morgan fingerprint density at radius 1 is 1.41 bits per heavy atom. The third-order valence-corrected chi connectivity index (χ3v) is 2.36. The van der Waals surface area contributed by atoms with Crippen LogP contribution in [-0.2, 0) is 9.59 Å². The predicted molar refractivity (Wildman–Crippen MR) is 70.7 cm³/mol. The molecule has 0 aliphatic rings. The van der Waals surface area contributed by atoms with Crippen LogP contribution in [0.4, 0.5) is 5.69 Å². The molecule has 114 valence electrons. The van der Waals surface area contributed by atoms with Crippen molar-refractivity contribution >= 4 is 23.6 Å². The summed E-state index contributed by atoms with van der Waals surface area (Å²) in [5.41, 5.74) is -1.43. The molecule has 0 atom stereocenters. The van der Waals surface area contributed by atoms with E-state index in [1.54, 1.807) is 0 Å². The Morgan fingerprint density at radius 2 is 2.05 bits per heavy atom. The largest absolute Gasteiger partial charge is 0.504 e. The third kappa shape index (κ3) is 3.94. The van der Waals surface area contributed by atoms with Gasteiger partial charge in [0.2, 0.25) is 5.75 Å². The normalized spacial score (nSPS) is 10.6. The molecule has 10 nitrogen and oxygen atoms in total. The number of nitrogens with one attached hydrogen (secondary N) is 1. The Morgan fingerprint density at radius 3 is 2.55 bits per heavy atom. The number of aromatic hydroxyl groups is 2. The zero-order chi connectivity index (χ0) is 16.9. The van der Waals surface area contributed by atoms with E-state index in [0.29, 0.717) is 0 Å². The number of hydrogen-bond donors (Lipinski definition) is 4. The highest BCUT2D eigenvalue weighted by molar-refractivity contribution is 6.02. The van der Waals surface area contributed by atoms with Gasteiger partial charge in [-0.3, -0.25) is 19.7 Å². The predicted octanol–water partition coefficient (Wildman–Crippen LogP) is 0.114. The minimum atomic E-state index is -1.32. The first-order valence-electron chi connectivity index (χ1n) is 5.58. The SMILES string of the molecule is N#CC(=Cc1cc(O)c(O)c([N+](=O)[O-])c1)C(=O)NCC(=O)O. The summed E-state index contributed by atoms with van der Waals surface area (Å²) in [7, 11) is 0. The molecule has 10 heteroatoms. The lowest BCUT2D eigenvalue weighted by Gasteiger charge is -2.03. The first-order chi connectivity index (χ1) is 10.3. The van der Waals surface area contributed by atoms with Gasteiger partial charge in [0, 0.05) is 6.07 Å². The van der Waals surface area contributed by atoms with Crippen molar-refractivity contribution in [2.45, 2.75) is 0 Å². The number of benzene rings is 1. The van der Waals surface area contributed by atoms with E-state index < -0.39 is 46.1 Å². The van der Waals surface area contributed by atoms with Gasteiger partial charge in [-0.1, -0.05) is 0 Å². The first-order valence-corrected chi connectivity index (χ1v) is 5.58. The van der Waals surface area contributed by atoms with Gasteiger partial charge in [0.15, 0.2) is 5.75 Å². The molecular formula is C12H9N3O7. The minimum absolute atomic E-state index is 0.0935. The van der Waals surface area contributed by atoms with Crippen LogP contribution in [0.25, 0.3) is 6.08 Å². The number of nitro groups is 1. The molecule has 0 saturated heterocycles. The Bertz CT molecular complexity index is 718. The molecule has 0 saturated carbocycles. The second-order valence-corrected chi connectivity index (χ2v) is 3.91. The van der Waals surface area contributed by atoms with Crippen molar-refractivity contribution in [3.05, 3.63) is 33.4 Å². The molecule has 0 fully saturated rings. The molecule has 0 spiro atoms. The van der Waals surface area contributed by atoms with Gasteiger partial charge in [-0.25, -0.2) is 0 Å². The minimum Gasteiger partial charge on any atom is -0.504 e. The highest BCUT2D eigenvalue weighted by Gasteiger charge is 2.19. The Hall–Kier alpha value is -3.61. The van der Waals surface area contributed by atoms with E-state index in [2.05, 4.69) is 0 Å². The number of nitriles is 1. The van der Waals surface area contributed by atoms with Crippen molar-refractivity contribution < 1.29 is 29.8 Å². The topological polar surface area (TPSA) is 174 Å². The van der Waals surface area contributed by atoms with Crippen molar-refractivity contribution in [2.24, 2.45) is 0 Å². The Balaban J connectivity index is 3.19. The lowest BCUT2D eigenvalue weighted by atomic mass is 10.1. The van der Waals surface area contributed by atoms with Crippen LogP contribution in [0.1, 0.15) is 5.56 Å². The summed E-state index contributed by atoms with van der Waals surface area (Å²) in [5.74, 6) is -4.07. The monoisotopic (exact) mass is 307 g/mol. The van der Waals surface area contributed by atoms with E-state index in [4.69, 9.17) is 10.4 Å². The summed E-state index contributed by atoms with van der Waals surface area (Å²) >= 11 is 0. The fraction of sp³-hybridized carbons (Fsp3) is 0.0833. The van der Waals surface area contributed by atoms with E-state index in [0.717, 1.165) is 18.2 Å². The molecule has 0 heterocycles. The Labute approximate surface area is 122 Å². The number of rotatable bonds is 5. The fourth-order valence-corrected chi connectivity index (χ4v) is 1.41. The van der Waals surface area contributed by atoms with Crippen molar-refractivity contribution in [3.8, 4) is 17.6 Å². The van der Waals surface area contributed by atoms with E-state index in [9.17, 15) is 29.9 Å². The highest BCUT2D eigenvalue weighted by atomic mass is 16.6. The zero-order valence-electron chi connectivity index (χ0n) is 10.8. The van der Waals surface area contributed by atoms with Gasteiger partial charge >= 0.3 is 11.7 Å². The number of hydrogen-bond acceptors (Lipinski definition) is 7. The maximum atomic E-state index is 11.5. The molecule has 0 radical (unpaired) electrons. The van der Waals surface area contributed by atoms with Gasteiger partial charge in [-0.15, -0.1) is 0 Å². The number of nitro benzene ring substituents is 1. The van der Waals surface area contributed by atoms with Gasteiger partial charge in [0.1, 0.15) is 18.2 Å². The number of phenols is 2. The van der Waals surface area contributed by atoms with Crippen LogP contribution >= 0.6 is 0 Å². The number of carbonyl (C=O) groups excluding carboxylic acids is 1. The van der Waals surface area contributed by atoms with Crippen LogP contribution in [0.3, 0.4) is 0 Å². The molecule has 1 aromatic rings. The number of nitrogens with zero attached hydrogens (tertiary/aromatic N) is 2. The van der Waals surface area contributed by atoms with E-state index >= 15 is 0 Å². The molecular weight excluding hydrogens is 298 g/mol. The average Bonchev–Trinajstić information content (AvgIpc) is 2.45. The molecule has 0 aliphatic heterocycles. The molecule has 0 aliphatic carbocycles. The summed E-state index contributed by atoms with van der Waals surface area (Å²) in [6.07, 6.45) is 0.906. The van der Waals surface area contributed by atoms with E-state index in [1.807, 2.05) is 5.32 Å². The van der Waals surface area contributed by atoms with Crippen LogP contribution < -0.4 is 5.32 Å². The number of carboxylic acids is 1. The highest BCUT2D eigenvalue weighted by Crippen LogP contribution is 2.36. The summed E-state index contributed by atoms with van der Waals surface area (Å²) in [6, 6.07) is 3.25. The molecule has 4 N–H and O–H groups in total. The lowest BCUT2D eigenvalue weighted by Crippen LogP contribution is -2.30. The second kappa shape index (κ2) is 6.71. The summed E-state index contributed by atoms with van der Waals surface area (Å²) in [4.78, 5) is 31.6. The molecule has 22 heavy (non-hydrogen) atoms. The van der Waals surface area contributed by atoms with Crippen LogP contribution in [0, 0.1) is 21.4 Å².